The lowest BCUT2D eigenvalue weighted by Crippen LogP contribution is -2.22. The molecule has 4 nitrogen and oxygen atoms in total. The van der Waals surface area contributed by atoms with Gasteiger partial charge in [0.1, 0.15) is 5.82 Å². The third-order valence-corrected chi connectivity index (χ3v) is 2.31. The molecule has 1 amide bonds. The second-order valence-corrected chi connectivity index (χ2v) is 3.82. The average Bonchev–Trinajstić information content (AvgIpc) is 2.78. The normalized spacial score (nSPS) is 10.3. The van der Waals surface area contributed by atoms with Crippen LogP contribution in [0.5, 0.6) is 0 Å². The number of aromatic nitrogens is 2. The van der Waals surface area contributed by atoms with Gasteiger partial charge in [0, 0.05) is 20.3 Å². The molecular formula is C12H12FN3O. The van der Waals surface area contributed by atoms with Crippen LogP contribution >= 0.6 is 0 Å². The number of halogens is 1. The first kappa shape index (κ1) is 11.3. The molecule has 0 atom stereocenters. The Labute approximate surface area is 98.3 Å². The lowest BCUT2D eigenvalue weighted by atomic mass is 10.3. The van der Waals surface area contributed by atoms with E-state index < -0.39 is 0 Å². The second-order valence-electron chi connectivity index (χ2n) is 3.82. The molecular weight excluding hydrogens is 221 g/mol. The lowest BCUT2D eigenvalue weighted by Gasteiger charge is -2.06. The van der Waals surface area contributed by atoms with Crippen molar-refractivity contribution >= 4 is 5.91 Å². The van der Waals surface area contributed by atoms with Gasteiger partial charge in [0.25, 0.3) is 5.91 Å². The molecule has 0 fully saturated rings. The number of nitrogens with zero attached hydrogens (tertiary/aromatic N) is 3. The Bertz CT molecular complexity index is 531. The number of carbonyl (C=O) groups is 1. The van der Waals surface area contributed by atoms with Crippen molar-refractivity contribution < 1.29 is 9.18 Å². The van der Waals surface area contributed by atoms with E-state index in [0.717, 1.165) is 0 Å². The van der Waals surface area contributed by atoms with Gasteiger partial charge in [-0.25, -0.2) is 9.07 Å². The van der Waals surface area contributed by atoms with Crippen LogP contribution in [0.1, 0.15) is 10.5 Å². The highest BCUT2D eigenvalue weighted by Crippen LogP contribution is 2.09. The van der Waals surface area contributed by atoms with E-state index in [2.05, 4.69) is 5.10 Å². The molecule has 0 N–H and O–H groups in total. The SMILES string of the molecule is CN(C)C(=O)c1ccn(-c2ccc(F)cc2)n1. The lowest BCUT2D eigenvalue weighted by molar-refractivity contribution is 0.0821. The summed E-state index contributed by atoms with van der Waals surface area (Å²) in [5, 5.41) is 4.13. The van der Waals surface area contributed by atoms with Crippen LogP contribution in [-0.4, -0.2) is 34.7 Å². The Morgan fingerprint density at radius 2 is 1.88 bits per heavy atom. The molecule has 5 heteroatoms. The first-order valence-electron chi connectivity index (χ1n) is 5.11. The summed E-state index contributed by atoms with van der Waals surface area (Å²) in [6.45, 7) is 0. The zero-order valence-electron chi connectivity index (χ0n) is 9.59. The Hall–Kier alpha value is -2.17. The van der Waals surface area contributed by atoms with Crippen molar-refractivity contribution in [1.82, 2.24) is 14.7 Å². The third-order valence-electron chi connectivity index (χ3n) is 2.31. The minimum atomic E-state index is -0.300. The molecule has 0 saturated carbocycles. The van der Waals surface area contributed by atoms with Crippen molar-refractivity contribution in [3.8, 4) is 5.69 Å². The van der Waals surface area contributed by atoms with Crippen LogP contribution in [0.15, 0.2) is 36.5 Å². The Morgan fingerprint density at radius 1 is 1.24 bits per heavy atom. The maximum Gasteiger partial charge on any atom is 0.273 e. The number of benzene rings is 1. The Morgan fingerprint density at radius 3 is 2.47 bits per heavy atom. The Kier molecular flexibility index (Phi) is 2.91. The van der Waals surface area contributed by atoms with Gasteiger partial charge in [0.15, 0.2) is 5.69 Å². The highest BCUT2D eigenvalue weighted by Gasteiger charge is 2.11. The van der Waals surface area contributed by atoms with E-state index in [-0.39, 0.29) is 11.7 Å². The number of hydrogen-bond acceptors (Lipinski definition) is 2. The number of amides is 1. The minimum absolute atomic E-state index is 0.161. The van der Waals surface area contributed by atoms with Crippen LogP contribution in [-0.2, 0) is 0 Å². The molecule has 0 unspecified atom stereocenters. The predicted octanol–water partition coefficient (Wildman–Crippen LogP) is 1.71. The van der Waals surface area contributed by atoms with E-state index >= 15 is 0 Å². The van der Waals surface area contributed by atoms with Crippen LogP contribution in [0.3, 0.4) is 0 Å². The molecule has 1 heterocycles. The summed E-state index contributed by atoms with van der Waals surface area (Å²) in [6, 6.07) is 7.54. The summed E-state index contributed by atoms with van der Waals surface area (Å²) in [4.78, 5) is 13.1. The van der Waals surface area contributed by atoms with Crippen molar-refractivity contribution in [3.63, 3.8) is 0 Å². The fourth-order valence-electron chi connectivity index (χ4n) is 1.40. The molecule has 2 rings (SSSR count). The summed E-state index contributed by atoms with van der Waals surface area (Å²) < 4.78 is 14.3. The van der Waals surface area contributed by atoms with Gasteiger partial charge < -0.3 is 4.90 Å². The molecule has 1 aromatic carbocycles. The first-order chi connectivity index (χ1) is 8.08. The van der Waals surface area contributed by atoms with Gasteiger partial charge in [-0.3, -0.25) is 4.79 Å². The maximum atomic E-state index is 12.8. The largest absolute Gasteiger partial charge is 0.343 e. The summed E-state index contributed by atoms with van der Waals surface area (Å²) in [5.74, 6) is -0.462. The first-order valence-corrected chi connectivity index (χ1v) is 5.11. The van der Waals surface area contributed by atoms with Crippen LogP contribution < -0.4 is 0 Å². The zero-order valence-corrected chi connectivity index (χ0v) is 9.59. The molecule has 17 heavy (non-hydrogen) atoms. The number of hydrogen-bond donors (Lipinski definition) is 0. The molecule has 0 radical (unpaired) electrons. The summed E-state index contributed by atoms with van der Waals surface area (Å²) >= 11 is 0. The van der Waals surface area contributed by atoms with E-state index in [1.165, 1.54) is 21.7 Å². The highest BCUT2D eigenvalue weighted by atomic mass is 19.1. The van der Waals surface area contributed by atoms with E-state index in [9.17, 15) is 9.18 Å². The van der Waals surface area contributed by atoms with Gasteiger partial charge in [-0.15, -0.1) is 0 Å². The van der Waals surface area contributed by atoms with Crippen LogP contribution in [0.25, 0.3) is 5.69 Å². The molecule has 0 saturated heterocycles. The van der Waals surface area contributed by atoms with Crippen molar-refractivity contribution in [2.45, 2.75) is 0 Å². The van der Waals surface area contributed by atoms with Gasteiger partial charge in [-0.1, -0.05) is 0 Å². The van der Waals surface area contributed by atoms with Crippen molar-refractivity contribution in [2.24, 2.45) is 0 Å². The van der Waals surface area contributed by atoms with Gasteiger partial charge >= 0.3 is 0 Å². The topological polar surface area (TPSA) is 38.1 Å². The average molecular weight is 233 g/mol. The van der Waals surface area contributed by atoms with E-state index in [4.69, 9.17) is 0 Å². The molecule has 2 aromatic rings. The van der Waals surface area contributed by atoms with Gasteiger partial charge in [0.05, 0.1) is 5.69 Å². The van der Waals surface area contributed by atoms with E-state index in [0.29, 0.717) is 11.4 Å². The van der Waals surface area contributed by atoms with Crippen molar-refractivity contribution in [2.75, 3.05) is 14.1 Å². The second kappa shape index (κ2) is 4.37. The standard InChI is InChI=1S/C12H12FN3O/c1-15(2)12(17)11-7-8-16(14-11)10-5-3-9(13)4-6-10/h3-8H,1-2H3. The van der Waals surface area contributed by atoms with Crippen molar-refractivity contribution in [1.29, 1.82) is 0 Å². The van der Waals surface area contributed by atoms with E-state index in [1.54, 1.807) is 38.5 Å². The predicted molar refractivity (Wildman–Crippen MR) is 61.5 cm³/mol. The number of rotatable bonds is 2. The quantitative estimate of drug-likeness (QED) is 0.792. The van der Waals surface area contributed by atoms with Gasteiger partial charge in [0.2, 0.25) is 0 Å². The highest BCUT2D eigenvalue weighted by molar-refractivity contribution is 5.91. The Balaban J connectivity index is 2.30. The fourth-order valence-corrected chi connectivity index (χ4v) is 1.40. The van der Waals surface area contributed by atoms with Gasteiger partial charge in [-0.05, 0) is 30.3 Å². The van der Waals surface area contributed by atoms with Crippen LogP contribution in [0, 0.1) is 5.82 Å². The monoisotopic (exact) mass is 233 g/mol. The smallest absolute Gasteiger partial charge is 0.273 e. The molecule has 0 aliphatic rings. The summed E-state index contributed by atoms with van der Waals surface area (Å²) in [7, 11) is 3.33. The molecule has 1 aromatic heterocycles. The number of carbonyl (C=O) groups excluding carboxylic acids is 1. The van der Waals surface area contributed by atoms with E-state index in [1.807, 2.05) is 0 Å². The van der Waals surface area contributed by atoms with Crippen LogP contribution in [0.4, 0.5) is 4.39 Å². The minimum Gasteiger partial charge on any atom is -0.343 e. The molecule has 0 aliphatic carbocycles. The third kappa shape index (κ3) is 2.33. The molecule has 88 valence electrons. The van der Waals surface area contributed by atoms with Gasteiger partial charge in [-0.2, -0.15) is 5.10 Å². The fraction of sp³-hybridized carbons (Fsp3) is 0.167. The summed E-state index contributed by atoms with van der Waals surface area (Å²) in [6.07, 6.45) is 1.67. The molecule has 0 aliphatic heterocycles. The summed E-state index contributed by atoms with van der Waals surface area (Å²) in [5.41, 5.74) is 1.07. The maximum absolute atomic E-state index is 12.8. The van der Waals surface area contributed by atoms with Crippen molar-refractivity contribution in [3.05, 3.63) is 48.0 Å². The zero-order chi connectivity index (χ0) is 12.4. The molecule has 0 spiro atoms. The van der Waals surface area contributed by atoms with Crippen LogP contribution in [0.2, 0.25) is 0 Å². The molecule has 0 bridgehead atoms.